The van der Waals surface area contributed by atoms with Crippen molar-refractivity contribution < 1.29 is 9.26 Å². The lowest BCUT2D eigenvalue weighted by Crippen LogP contribution is -1.98. The first-order valence-corrected chi connectivity index (χ1v) is 8.32. The summed E-state index contributed by atoms with van der Waals surface area (Å²) in [6.45, 7) is 6.97. The number of benzene rings is 2. The zero-order valence-electron chi connectivity index (χ0n) is 14.4. The minimum absolute atomic E-state index is 0.545. The van der Waals surface area contributed by atoms with E-state index < -0.39 is 0 Å². The smallest absolute Gasteiger partial charge is 0.258 e. The molecule has 2 aromatic carbocycles. The molecular formula is C20H22N2O2. The molecule has 0 aliphatic heterocycles. The Kier molecular flexibility index (Phi) is 4.94. The summed E-state index contributed by atoms with van der Waals surface area (Å²) in [6.07, 6.45) is 2.19. The normalized spacial score (nSPS) is 10.8. The van der Waals surface area contributed by atoms with E-state index in [1.807, 2.05) is 56.3 Å². The van der Waals surface area contributed by atoms with Crippen LogP contribution in [0.3, 0.4) is 0 Å². The molecule has 0 N–H and O–H groups in total. The summed E-state index contributed by atoms with van der Waals surface area (Å²) in [4.78, 5) is 4.54. The lowest BCUT2D eigenvalue weighted by molar-refractivity contribution is 0.307. The van der Waals surface area contributed by atoms with Crippen molar-refractivity contribution in [3.8, 4) is 28.6 Å². The van der Waals surface area contributed by atoms with Gasteiger partial charge in [0.1, 0.15) is 5.75 Å². The van der Waals surface area contributed by atoms with Crippen molar-refractivity contribution >= 4 is 0 Å². The van der Waals surface area contributed by atoms with Crippen LogP contribution < -0.4 is 4.74 Å². The molecule has 0 aliphatic carbocycles. The maximum absolute atomic E-state index is 5.79. The van der Waals surface area contributed by atoms with Gasteiger partial charge in [0.2, 0.25) is 5.82 Å². The van der Waals surface area contributed by atoms with E-state index >= 15 is 0 Å². The first-order valence-electron chi connectivity index (χ1n) is 8.32. The van der Waals surface area contributed by atoms with Crippen LogP contribution in [0, 0.1) is 13.8 Å². The first kappa shape index (κ1) is 16.2. The highest BCUT2D eigenvalue weighted by molar-refractivity contribution is 5.63. The molecule has 3 aromatic rings. The summed E-state index contributed by atoms with van der Waals surface area (Å²) in [5.74, 6) is 2.05. The van der Waals surface area contributed by atoms with E-state index in [9.17, 15) is 0 Å². The maximum atomic E-state index is 5.79. The molecule has 124 valence electrons. The predicted octanol–water partition coefficient (Wildman–Crippen LogP) is 5.20. The van der Waals surface area contributed by atoms with Crippen molar-refractivity contribution in [1.29, 1.82) is 0 Å². The molecule has 1 aromatic heterocycles. The largest absolute Gasteiger partial charge is 0.493 e. The summed E-state index contributed by atoms with van der Waals surface area (Å²) in [5, 5.41) is 4.12. The molecule has 0 saturated carbocycles. The second-order valence-electron chi connectivity index (χ2n) is 5.92. The summed E-state index contributed by atoms with van der Waals surface area (Å²) in [6, 6.07) is 14.0. The number of hydrogen-bond donors (Lipinski definition) is 0. The average molecular weight is 322 g/mol. The van der Waals surface area contributed by atoms with Gasteiger partial charge in [0.15, 0.2) is 0 Å². The van der Waals surface area contributed by atoms with Crippen LogP contribution in [0.15, 0.2) is 47.0 Å². The fourth-order valence-corrected chi connectivity index (χ4v) is 2.54. The average Bonchev–Trinajstić information content (AvgIpc) is 3.07. The second kappa shape index (κ2) is 7.30. The van der Waals surface area contributed by atoms with Gasteiger partial charge in [-0.15, -0.1) is 0 Å². The summed E-state index contributed by atoms with van der Waals surface area (Å²) >= 11 is 0. The van der Waals surface area contributed by atoms with Gasteiger partial charge in [-0.2, -0.15) is 4.98 Å². The molecule has 24 heavy (non-hydrogen) atoms. The molecule has 0 bridgehead atoms. The molecule has 0 unspecified atom stereocenters. The molecule has 4 heteroatoms. The van der Waals surface area contributed by atoms with Gasteiger partial charge in [-0.1, -0.05) is 36.7 Å². The third-order valence-corrected chi connectivity index (χ3v) is 3.99. The summed E-state index contributed by atoms with van der Waals surface area (Å²) in [5.41, 5.74) is 4.08. The Bertz CT molecular complexity index is 824. The van der Waals surface area contributed by atoms with Crippen LogP contribution in [-0.2, 0) is 0 Å². The Morgan fingerprint density at radius 2 is 1.88 bits per heavy atom. The summed E-state index contributed by atoms with van der Waals surface area (Å²) < 4.78 is 11.2. The van der Waals surface area contributed by atoms with E-state index in [1.165, 1.54) is 0 Å². The lowest BCUT2D eigenvalue weighted by atomic mass is 10.1. The number of hydrogen-bond acceptors (Lipinski definition) is 4. The summed E-state index contributed by atoms with van der Waals surface area (Å²) in [7, 11) is 0. The van der Waals surface area contributed by atoms with E-state index in [2.05, 4.69) is 17.1 Å². The zero-order chi connectivity index (χ0) is 16.9. The van der Waals surface area contributed by atoms with Gasteiger partial charge in [-0.3, -0.25) is 0 Å². The number of aryl methyl sites for hydroxylation is 2. The third-order valence-electron chi connectivity index (χ3n) is 3.99. The van der Waals surface area contributed by atoms with E-state index in [-0.39, 0.29) is 0 Å². The van der Waals surface area contributed by atoms with Crippen molar-refractivity contribution in [2.75, 3.05) is 6.61 Å². The number of rotatable bonds is 6. The molecule has 3 rings (SSSR count). The maximum Gasteiger partial charge on any atom is 0.258 e. The van der Waals surface area contributed by atoms with Crippen LogP contribution in [0.5, 0.6) is 5.75 Å². The fraction of sp³-hybridized carbons (Fsp3) is 0.300. The van der Waals surface area contributed by atoms with Gasteiger partial charge in [0.25, 0.3) is 5.89 Å². The van der Waals surface area contributed by atoms with Crippen LogP contribution >= 0.6 is 0 Å². The fourth-order valence-electron chi connectivity index (χ4n) is 2.54. The van der Waals surface area contributed by atoms with Crippen molar-refractivity contribution in [1.82, 2.24) is 10.1 Å². The van der Waals surface area contributed by atoms with Crippen molar-refractivity contribution in [3.05, 3.63) is 53.6 Å². The molecule has 4 nitrogen and oxygen atoms in total. The van der Waals surface area contributed by atoms with Gasteiger partial charge >= 0.3 is 0 Å². The van der Waals surface area contributed by atoms with E-state index in [4.69, 9.17) is 9.26 Å². The van der Waals surface area contributed by atoms with E-state index in [0.717, 1.165) is 47.5 Å². The number of aromatic nitrogens is 2. The monoisotopic (exact) mass is 322 g/mol. The van der Waals surface area contributed by atoms with E-state index in [0.29, 0.717) is 11.7 Å². The quantitative estimate of drug-likeness (QED) is 0.585. The molecule has 0 amide bonds. The Balaban J connectivity index is 1.83. The molecule has 0 fully saturated rings. The molecule has 0 radical (unpaired) electrons. The van der Waals surface area contributed by atoms with Gasteiger partial charge < -0.3 is 9.26 Å². The van der Waals surface area contributed by atoms with Crippen LogP contribution in [0.2, 0.25) is 0 Å². The minimum Gasteiger partial charge on any atom is -0.493 e. The van der Waals surface area contributed by atoms with Crippen LogP contribution in [0.4, 0.5) is 0 Å². The van der Waals surface area contributed by atoms with Gasteiger partial charge in [-0.05, 0) is 55.7 Å². The van der Waals surface area contributed by atoms with Gasteiger partial charge in [-0.25, -0.2) is 0 Å². The van der Waals surface area contributed by atoms with Crippen molar-refractivity contribution in [2.45, 2.75) is 33.6 Å². The highest BCUT2D eigenvalue weighted by Crippen LogP contribution is 2.27. The third kappa shape index (κ3) is 3.48. The van der Waals surface area contributed by atoms with Crippen LogP contribution in [-0.4, -0.2) is 16.7 Å². The Hall–Kier alpha value is -2.62. The number of nitrogens with zero attached hydrogens (tertiary/aromatic N) is 2. The molecule has 1 heterocycles. The SMILES string of the molecule is CCCCOc1ccc(-c2noc(-c3ccccc3C)n2)cc1C. The van der Waals surface area contributed by atoms with Gasteiger partial charge in [0.05, 0.1) is 6.61 Å². The Morgan fingerprint density at radius 1 is 1.04 bits per heavy atom. The van der Waals surface area contributed by atoms with E-state index in [1.54, 1.807) is 0 Å². The Morgan fingerprint density at radius 3 is 2.62 bits per heavy atom. The number of ether oxygens (including phenoxy) is 1. The second-order valence-corrected chi connectivity index (χ2v) is 5.92. The van der Waals surface area contributed by atoms with Crippen LogP contribution in [0.1, 0.15) is 30.9 Å². The van der Waals surface area contributed by atoms with Crippen molar-refractivity contribution in [3.63, 3.8) is 0 Å². The lowest BCUT2D eigenvalue weighted by Gasteiger charge is -2.09. The van der Waals surface area contributed by atoms with Crippen molar-refractivity contribution in [2.24, 2.45) is 0 Å². The Labute approximate surface area is 142 Å². The molecule has 0 spiro atoms. The molecule has 0 aliphatic rings. The molecular weight excluding hydrogens is 300 g/mol. The highest BCUT2D eigenvalue weighted by atomic mass is 16.5. The van der Waals surface area contributed by atoms with Gasteiger partial charge in [0, 0.05) is 11.1 Å². The molecule has 0 saturated heterocycles. The first-order chi connectivity index (χ1) is 11.7. The standard InChI is InChI=1S/C20H22N2O2/c1-4-5-12-23-18-11-10-16(13-15(18)3)19-21-20(24-22-19)17-9-7-6-8-14(17)2/h6-11,13H,4-5,12H2,1-3H3. The number of unbranched alkanes of at least 4 members (excludes halogenated alkanes) is 1. The minimum atomic E-state index is 0.545. The highest BCUT2D eigenvalue weighted by Gasteiger charge is 2.13. The predicted molar refractivity (Wildman–Crippen MR) is 95.0 cm³/mol. The molecule has 0 atom stereocenters. The van der Waals surface area contributed by atoms with Crippen LogP contribution in [0.25, 0.3) is 22.8 Å². The topological polar surface area (TPSA) is 48.2 Å². The zero-order valence-corrected chi connectivity index (χ0v) is 14.4.